The van der Waals surface area contributed by atoms with Crippen molar-refractivity contribution >= 4 is 11.8 Å². The monoisotopic (exact) mass is 426 g/mol. The van der Waals surface area contributed by atoms with Gasteiger partial charge in [0.15, 0.2) is 0 Å². The standard InChI is InChI=1S/C26H26N4O2/c27-25(31)21-11-13-23(29(17-21)15-19-7-3-1-4-8-19)24-14-12-22(26(28)32)18-30(24)16-20-9-5-2-6-10-20/h1-14,17-18,23-24H,15-16H2,(H2,27,31)(H2,28,32). The molecule has 0 radical (unpaired) electrons. The smallest absolute Gasteiger partial charge is 0.250 e. The Morgan fingerprint density at radius 2 is 1.03 bits per heavy atom. The first-order valence-corrected chi connectivity index (χ1v) is 10.5. The first-order chi connectivity index (χ1) is 15.5. The summed E-state index contributed by atoms with van der Waals surface area (Å²) in [6.45, 7) is 1.23. The van der Waals surface area contributed by atoms with E-state index in [1.165, 1.54) is 0 Å². The fourth-order valence-electron chi connectivity index (χ4n) is 4.04. The summed E-state index contributed by atoms with van der Waals surface area (Å²) < 4.78 is 0. The van der Waals surface area contributed by atoms with Gasteiger partial charge in [-0.25, -0.2) is 0 Å². The Kier molecular flexibility index (Phi) is 6.22. The summed E-state index contributed by atoms with van der Waals surface area (Å²) >= 11 is 0. The predicted octanol–water partition coefficient (Wildman–Crippen LogP) is 2.61. The van der Waals surface area contributed by atoms with E-state index in [1.54, 1.807) is 12.2 Å². The molecule has 6 nitrogen and oxygen atoms in total. The number of hydrogen-bond donors (Lipinski definition) is 2. The Morgan fingerprint density at radius 3 is 1.38 bits per heavy atom. The van der Waals surface area contributed by atoms with Crippen molar-refractivity contribution in [3.8, 4) is 0 Å². The van der Waals surface area contributed by atoms with Gasteiger partial charge in [0.2, 0.25) is 11.8 Å². The molecule has 4 N–H and O–H groups in total. The molecule has 0 saturated carbocycles. The van der Waals surface area contributed by atoms with E-state index in [9.17, 15) is 9.59 Å². The highest BCUT2D eigenvalue weighted by molar-refractivity contribution is 5.95. The number of benzene rings is 2. The Morgan fingerprint density at radius 1 is 0.656 bits per heavy atom. The molecule has 0 saturated heterocycles. The van der Waals surface area contributed by atoms with Gasteiger partial charge in [-0.2, -0.15) is 0 Å². The van der Waals surface area contributed by atoms with Gasteiger partial charge >= 0.3 is 0 Å². The van der Waals surface area contributed by atoms with E-state index in [-0.39, 0.29) is 12.1 Å². The molecule has 6 heteroatoms. The van der Waals surface area contributed by atoms with Gasteiger partial charge in [-0.15, -0.1) is 0 Å². The molecule has 2 heterocycles. The Labute approximate surface area is 187 Å². The van der Waals surface area contributed by atoms with Crippen molar-refractivity contribution in [2.45, 2.75) is 25.2 Å². The molecular weight excluding hydrogens is 400 g/mol. The maximum atomic E-state index is 11.8. The Bertz CT molecular complexity index is 1010. The van der Waals surface area contributed by atoms with Crippen LogP contribution >= 0.6 is 0 Å². The van der Waals surface area contributed by atoms with Crippen LogP contribution in [0.4, 0.5) is 0 Å². The maximum absolute atomic E-state index is 11.8. The first-order valence-electron chi connectivity index (χ1n) is 10.5. The van der Waals surface area contributed by atoms with Crippen LogP contribution in [0.5, 0.6) is 0 Å². The highest BCUT2D eigenvalue weighted by Gasteiger charge is 2.31. The molecule has 2 amide bonds. The lowest BCUT2D eigenvalue weighted by Crippen LogP contribution is -2.48. The fraction of sp³-hybridized carbons (Fsp3) is 0.154. The molecule has 2 aliphatic rings. The molecule has 4 rings (SSSR count). The maximum Gasteiger partial charge on any atom is 0.250 e. The van der Waals surface area contributed by atoms with Crippen LogP contribution in [0.2, 0.25) is 0 Å². The second-order valence-corrected chi connectivity index (χ2v) is 7.91. The number of hydrogen-bond acceptors (Lipinski definition) is 4. The van der Waals surface area contributed by atoms with Gasteiger partial charge in [-0.05, 0) is 23.3 Å². The second kappa shape index (κ2) is 9.39. The van der Waals surface area contributed by atoms with Gasteiger partial charge in [0.25, 0.3) is 0 Å². The molecule has 0 fully saturated rings. The molecule has 0 spiro atoms. The first kappa shape index (κ1) is 21.2. The van der Waals surface area contributed by atoms with Crippen molar-refractivity contribution in [1.82, 2.24) is 9.80 Å². The molecule has 2 unspecified atom stereocenters. The molecule has 2 atom stereocenters. The number of nitrogens with zero attached hydrogens (tertiary/aromatic N) is 2. The highest BCUT2D eigenvalue weighted by atomic mass is 16.1. The van der Waals surface area contributed by atoms with Crippen LogP contribution in [0.3, 0.4) is 0 Å². The molecule has 0 aliphatic carbocycles. The summed E-state index contributed by atoms with van der Waals surface area (Å²) in [4.78, 5) is 27.9. The van der Waals surface area contributed by atoms with E-state index < -0.39 is 11.8 Å². The van der Waals surface area contributed by atoms with Crippen LogP contribution in [0.15, 0.2) is 109 Å². The highest BCUT2D eigenvalue weighted by Crippen LogP contribution is 2.27. The van der Waals surface area contributed by atoms with E-state index in [0.717, 1.165) is 11.1 Å². The molecule has 2 aliphatic heterocycles. The number of amides is 2. The third-order valence-electron chi connectivity index (χ3n) is 5.66. The quantitative estimate of drug-likeness (QED) is 0.712. The van der Waals surface area contributed by atoms with Gasteiger partial charge in [-0.1, -0.05) is 72.8 Å². The summed E-state index contributed by atoms with van der Waals surface area (Å²) in [5, 5.41) is 0. The van der Waals surface area contributed by atoms with E-state index in [1.807, 2.05) is 61.0 Å². The lowest BCUT2D eigenvalue weighted by molar-refractivity contribution is -0.115. The summed E-state index contributed by atoms with van der Waals surface area (Å²) in [5.74, 6) is -0.928. The molecule has 32 heavy (non-hydrogen) atoms. The third kappa shape index (κ3) is 4.81. The van der Waals surface area contributed by atoms with Gasteiger partial charge in [-0.3, -0.25) is 9.59 Å². The van der Waals surface area contributed by atoms with Gasteiger partial charge in [0, 0.05) is 25.5 Å². The van der Waals surface area contributed by atoms with Crippen LogP contribution in [0.25, 0.3) is 0 Å². The van der Waals surface area contributed by atoms with Crippen molar-refractivity contribution in [2.75, 3.05) is 0 Å². The molecule has 2 aromatic rings. The minimum Gasteiger partial charge on any atom is -0.366 e. The molecule has 0 aromatic heterocycles. The SMILES string of the molecule is NC(=O)C1=CN(Cc2ccccc2)C(C2C=CC(C(N)=O)=CN2Cc2ccccc2)C=C1. The lowest BCUT2D eigenvalue weighted by atomic mass is 9.95. The van der Waals surface area contributed by atoms with Gasteiger partial charge < -0.3 is 21.3 Å². The van der Waals surface area contributed by atoms with Crippen LogP contribution in [0.1, 0.15) is 11.1 Å². The normalized spacial score (nSPS) is 20.0. The van der Waals surface area contributed by atoms with Crippen LogP contribution in [0, 0.1) is 0 Å². The minimum atomic E-state index is -0.464. The molecule has 0 bridgehead atoms. The van der Waals surface area contributed by atoms with E-state index in [2.05, 4.69) is 34.1 Å². The van der Waals surface area contributed by atoms with Gasteiger partial charge in [0.05, 0.1) is 23.2 Å². The van der Waals surface area contributed by atoms with Crippen molar-refractivity contribution in [2.24, 2.45) is 11.5 Å². The van der Waals surface area contributed by atoms with Crippen molar-refractivity contribution in [3.63, 3.8) is 0 Å². The number of carbonyl (C=O) groups is 2. The summed E-state index contributed by atoms with van der Waals surface area (Å²) in [7, 11) is 0. The Hall–Kier alpha value is -4.06. The average molecular weight is 427 g/mol. The molecule has 2 aromatic carbocycles. The largest absolute Gasteiger partial charge is 0.366 e. The van der Waals surface area contributed by atoms with Crippen LogP contribution in [-0.2, 0) is 22.7 Å². The van der Waals surface area contributed by atoms with Crippen LogP contribution < -0.4 is 11.5 Å². The second-order valence-electron chi connectivity index (χ2n) is 7.91. The minimum absolute atomic E-state index is 0.0797. The fourth-order valence-corrected chi connectivity index (χ4v) is 4.04. The zero-order valence-electron chi connectivity index (χ0n) is 17.7. The number of primary amides is 2. The number of nitrogens with two attached hydrogens (primary N) is 2. The Balaban J connectivity index is 1.67. The average Bonchev–Trinajstić information content (AvgIpc) is 2.80. The van der Waals surface area contributed by atoms with E-state index in [0.29, 0.717) is 24.2 Å². The summed E-state index contributed by atoms with van der Waals surface area (Å²) in [5.41, 5.74) is 14.3. The lowest BCUT2D eigenvalue weighted by Gasteiger charge is -2.42. The summed E-state index contributed by atoms with van der Waals surface area (Å²) in [6.07, 6.45) is 11.2. The summed E-state index contributed by atoms with van der Waals surface area (Å²) in [6, 6.07) is 20.0. The van der Waals surface area contributed by atoms with E-state index in [4.69, 9.17) is 11.5 Å². The predicted molar refractivity (Wildman–Crippen MR) is 124 cm³/mol. The topological polar surface area (TPSA) is 92.7 Å². The van der Waals surface area contributed by atoms with Crippen LogP contribution in [-0.4, -0.2) is 33.7 Å². The van der Waals surface area contributed by atoms with Crippen molar-refractivity contribution in [3.05, 3.63) is 120 Å². The van der Waals surface area contributed by atoms with Gasteiger partial charge in [0.1, 0.15) is 0 Å². The zero-order valence-corrected chi connectivity index (χ0v) is 17.7. The number of rotatable bonds is 7. The van der Waals surface area contributed by atoms with Crippen molar-refractivity contribution < 1.29 is 9.59 Å². The molecule has 162 valence electrons. The zero-order chi connectivity index (χ0) is 22.5. The molecular formula is C26H26N4O2. The number of carbonyl (C=O) groups excluding carboxylic acids is 2. The third-order valence-corrected chi connectivity index (χ3v) is 5.66. The van der Waals surface area contributed by atoms with E-state index >= 15 is 0 Å². The van der Waals surface area contributed by atoms with Crippen molar-refractivity contribution in [1.29, 1.82) is 0 Å².